The van der Waals surface area contributed by atoms with Crippen molar-refractivity contribution >= 4 is 46.6 Å². The smallest absolute Gasteiger partial charge is 0.198 e. The molecule has 9 rings (SSSR count). The summed E-state index contributed by atoms with van der Waals surface area (Å²) in [6.07, 6.45) is 0. The lowest BCUT2D eigenvalue weighted by Crippen LogP contribution is -2.45. The number of rotatable bonds is 3. The Bertz CT molecular complexity index is 2320. The van der Waals surface area contributed by atoms with E-state index in [1.54, 1.807) is 0 Å². The quantitative estimate of drug-likeness (QED) is 0.199. The zero-order valence-electron chi connectivity index (χ0n) is 28.5. The van der Waals surface area contributed by atoms with Gasteiger partial charge in [0, 0.05) is 50.6 Å². The molecule has 3 aliphatic heterocycles. The monoisotopic (exact) mass is 622 g/mol. The molecule has 0 radical (unpaired) electrons. The standard InChI is InChI=1S/C44H39BN2O/c1-26-22-29(41-38(23-26)47-37-20-11-8-15-30(37)43(3,4)32-17-13-18-34(45-41)42(32)47)28-24-33-40(25-36(28)46-35-19-10-7-14-27(35)2)48-39-21-12-9-16-31(39)44(33,5)6/h7-25,45-46H,1-6H3. The molecule has 1 N–H and O–H groups in total. The minimum Gasteiger partial charge on any atom is -0.457 e. The molecule has 48 heavy (non-hydrogen) atoms. The highest BCUT2D eigenvalue weighted by molar-refractivity contribution is 6.73. The molecular formula is C44H39BN2O. The van der Waals surface area contributed by atoms with Crippen molar-refractivity contribution in [2.45, 2.75) is 52.4 Å². The summed E-state index contributed by atoms with van der Waals surface area (Å²) < 4.78 is 6.66. The van der Waals surface area contributed by atoms with Gasteiger partial charge in [0.2, 0.25) is 0 Å². The lowest BCUT2D eigenvalue weighted by atomic mass is 9.55. The molecule has 0 saturated carbocycles. The molecule has 3 aliphatic rings. The van der Waals surface area contributed by atoms with E-state index in [9.17, 15) is 0 Å². The van der Waals surface area contributed by atoms with Crippen molar-refractivity contribution in [3.8, 4) is 22.6 Å². The van der Waals surface area contributed by atoms with Crippen LogP contribution in [0.5, 0.6) is 11.5 Å². The van der Waals surface area contributed by atoms with Gasteiger partial charge in [-0.2, -0.15) is 0 Å². The first-order chi connectivity index (χ1) is 23.1. The van der Waals surface area contributed by atoms with Crippen LogP contribution < -0.4 is 25.9 Å². The number of hydrogen-bond acceptors (Lipinski definition) is 3. The zero-order valence-corrected chi connectivity index (χ0v) is 28.5. The molecule has 0 atom stereocenters. The van der Waals surface area contributed by atoms with Gasteiger partial charge in [0.1, 0.15) is 11.5 Å². The molecule has 0 unspecified atom stereocenters. The highest BCUT2D eigenvalue weighted by Crippen LogP contribution is 2.54. The first kappa shape index (κ1) is 29.0. The summed E-state index contributed by atoms with van der Waals surface area (Å²) in [5.41, 5.74) is 18.5. The van der Waals surface area contributed by atoms with Crippen molar-refractivity contribution in [2.75, 3.05) is 10.2 Å². The summed E-state index contributed by atoms with van der Waals surface area (Å²) in [6, 6.07) is 42.3. The predicted molar refractivity (Wildman–Crippen MR) is 203 cm³/mol. The second-order valence-electron chi connectivity index (χ2n) is 14.8. The lowest BCUT2D eigenvalue weighted by Gasteiger charge is -2.46. The van der Waals surface area contributed by atoms with E-state index in [4.69, 9.17) is 4.74 Å². The summed E-state index contributed by atoms with van der Waals surface area (Å²) in [6.45, 7) is 13.8. The number of nitrogens with one attached hydrogen (secondary N) is 1. The van der Waals surface area contributed by atoms with Crippen molar-refractivity contribution in [3.05, 3.63) is 149 Å². The highest BCUT2D eigenvalue weighted by Gasteiger charge is 2.41. The summed E-state index contributed by atoms with van der Waals surface area (Å²) in [5.74, 6) is 1.83. The van der Waals surface area contributed by atoms with Crippen LogP contribution >= 0.6 is 0 Å². The Balaban J connectivity index is 1.31. The number of anilines is 5. The summed E-state index contributed by atoms with van der Waals surface area (Å²) in [5, 5.41) is 3.86. The largest absolute Gasteiger partial charge is 0.457 e. The minimum atomic E-state index is -0.233. The van der Waals surface area contributed by atoms with Gasteiger partial charge in [-0.3, -0.25) is 0 Å². The Morgan fingerprint density at radius 1 is 0.583 bits per heavy atom. The van der Waals surface area contributed by atoms with E-state index in [0.29, 0.717) is 0 Å². The molecule has 0 bridgehead atoms. The minimum absolute atomic E-state index is 0.0897. The van der Waals surface area contributed by atoms with Gasteiger partial charge < -0.3 is 15.0 Å². The van der Waals surface area contributed by atoms with Crippen molar-refractivity contribution in [3.63, 3.8) is 0 Å². The van der Waals surface area contributed by atoms with Gasteiger partial charge >= 0.3 is 0 Å². The Morgan fingerprint density at radius 2 is 1.29 bits per heavy atom. The van der Waals surface area contributed by atoms with Gasteiger partial charge in [0.15, 0.2) is 7.28 Å². The summed E-state index contributed by atoms with van der Waals surface area (Å²) >= 11 is 0. The van der Waals surface area contributed by atoms with Crippen LogP contribution in [0.3, 0.4) is 0 Å². The second kappa shape index (κ2) is 10.1. The van der Waals surface area contributed by atoms with Crippen LogP contribution in [-0.2, 0) is 10.8 Å². The van der Waals surface area contributed by atoms with Crippen molar-refractivity contribution < 1.29 is 4.74 Å². The molecule has 0 saturated heterocycles. The molecule has 3 heterocycles. The first-order valence-electron chi connectivity index (χ1n) is 17.1. The third kappa shape index (κ3) is 4.08. The maximum Gasteiger partial charge on any atom is 0.198 e. The lowest BCUT2D eigenvalue weighted by molar-refractivity contribution is 0.418. The second-order valence-corrected chi connectivity index (χ2v) is 14.8. The van der Waals surface area contributed by atoms with E-state index < -0.39 is 0 Å². The topological polar surface area (TPSA) is 24.5 Å². The third-order valence-corrected chi connectivity index (χ3v) is 11.1. The summed E-state index contributed by atoms with van der Waals surface area (Å²) in [4.78, 5) is 2.55. The number of para-hydroxylation sites is 4. The molecule has 234 valence electrons. The Labute approximate surface area is 284 Å². The third-order valence-electron chi connectivity index (χ3n) is 11.1. The molecule has 0 spiro atoms. The Hall–Kier alpha value is -5.22. The number of ether oxygens (including phenoxy) is 1. The average molecular weight is 623 g/mol. The van der Waals surface area contributed by atoms with Crippen LogP contribution in [0, 0.1) is 13.8 Å². The Kier molecular flexibility index (Phi) is 6.12. The van der Waals surface area contributed by atoms with Crippen molar-refractivity contribution in [2.24, 2.45) is 0 Å². The van der Waals surface area contributed by atoms with Gasteiger partial charge in [0.25, 0.3) is 0 Å². The van der Waals surface area contributed by atoms with E-state index in [-0.39, 0.29) is 10.8 Å². The number of benzene rings is 6. The zero-order chi connectivity index (χ0) is 32.9. The maximum atomic E-state index is 6.66. The van der Waals surface area contributed by atoms with Crippen molar-refractivity contribution in [1.29, 1.82) is 0 Å². The van der Waals surface area contributed by atoms with E-state index in [1.807, 2.05) is 0 Å². The molecule has 0 amide bonds. The fraction of sp³-hybridized carbons (Fsp3) is 0.182. The SMILES string of the molecule is Cc1cc(-c2cc3c(cc2Nc2ccccc2C)Oc2ccccc2C3(C)C)c2c(c1)N1c3ccccc3C(C)(C)c3cccc(c31)B2. The van der Waals surface area contributed by atoms with Crippen LogP contribution in [0.15, 0.2) is 115 Å². The van der Waals surface area contributed by atoms with Crippen LogP contribution in [0.4, 0.5) is 28.4 Å². The van der Waals surface area contributed by atoms with E-state index in [2.05, 4.69) is 167 Å². The first-order valence-corrected chi connectivity index (χ1v) is 17.1. The number of aryl methyl sites for hydroxylation is 2. The van der Waals surface area contributed by atoms with Crippen LogP contribution in [0.2, 0.25) is 0 Å². The molecule has 4 heteroatoms. The highest BCUT2D eigenvalue weighted by atomic mass is 16.5. The predicted octanol–water partition coefficient (Wildman–Crippen LogP) is 9.96. The van der Waals surface area contributed by atoms with Crippen LogP contribution in [0.1, 0.15) is 61.1 Å². The molecule has 6 aromatic carbocycles. The molecule has 0 aromatic heterocycles. The van der Waals surface area contributed by atoms with E-state index in [1.165, 1.54) is 72.5 Å². The summed E-state index contributed by atoms with van der Waals surface area (Å²) in [7, 11) is 0.868. The van der Waals surface area contributed by atoms with Gasteiger partial charge in [-0.25, -0.2) is 0 Å². The fourth-order valence-corrected chi connectivity index (χ4v) is 8.50. The number of nitrogens with zero attached hydrogens (tertiary/aromatic N) is 1. The van der Waals surface area contributed by atoms with E-state index in [0.717, 1.165) is 30.2 Å². The van der Waals surface area contributed by atoms with Gasteiger partial charge in [-0.05, 0) is 77.5 Å². The molecule has 3 nitrogen and oxygen atoms in total. The number of fused-ring (bicyclic) bond motifs is 6. The number of hydrogen-bond donors (Lipinski definition) is 1. The van der Waals surface area contributed by atoms with Crippen LogP contribution in [-0.4, -0.2) is 7.28 Å². The molecule has 0 aliphatic carbocycles. The Morgan fingerprint density at radius 3 is 2.12 bits per heavy atom. The van der Waals surface area contributed by atoms with E-state index >= 15 is 0 Å². The normalized spacial score (nSPS) is 15.5. The average Bonchev–Trinajstić information content (AvgIpc) is 3.07. The molecule has 6 aromatic rings. The van der Waals surface area contributed by atoms with Gasteiger partial charge in [0.05, 0.1) is 11.4 Å². The van der Waals surface area contributed by atoms with Gasteiger partial charge in [-0.15, -0.1) is 0 Å². The maximum absolute atomic E-state index is 6.66. The molecular weight excluding hydrogens is 583 g/mol. The van der Waals surface area contributed by atoms with Gasteiger partial charge in [-0.1, -0.05) is 112 Å². The fourth-order valence-electron chi connectivity index (χ4n) is 8.50. The van der Waals surface area contributed by atoms with Crippen molar-refractivity contribution in [1.82, 2.24) is 0 Å². The van der Waals surface area contributed by atoms with Crippen LogP contribution in [0.25, 0.3) is 11.1 Å². The molecule has 0 fully saturated rings.